The SMILES string of the molecule is CN1C(=O)c2ccccc2[C@H](C(=O)Nc2ccc(F)cc2Cl)[C@H]1c1c[nH]c2ccccc12. The lowest BCUT2D eigenvalue weighted by Gasteiger charge is -2.39. The molecule has 0 radical (unpaired) electrons. The summed E-state index contributed by atoms with van der Waals surface area (Å²) in [5.41, 5.74) is 3.20. The maximum absolute atomic E-state index is 13.6. The highest BCUT2D eigenvalue weighted by Crippen LogP contribution is 2.44. The van der Waals surface area contributed by atoms with Crippen LogP contribution in [0.3, 0.4) is 0 Å². The van der Waals surface area contributed by atoms with Gasteiger partial charge in [-0.15, -0.1) is 0 Å². The molecule has 0 spiro atoms. The summed E-state index contributed by atoms with van der Waals surface area (Å²) in [7, 11) is 1.70. The Hall–Kier alpha value is -3.64. The Morgan fingerprint density at radius 1 is 1.06 bits per heavy atom. The number of benzene rings is 3. The number of aromatic nitrogens is 1. The summed E-state index contributed by atoms with van der Waals surface area (Å²) >= 11 is 6.15. The van der Waals surface area contributed by atoms with Crippen molar-refractivity contribution < 1.29 is 14.0 Å². The quantitative estimate of drug-likeness (QED) is 0.435. The standard InChI is InChI=1S/C25H19ClFN3O2/c1-30-23(18-13-28-20-9-5-4-6-15(18)20)22(16-7-2-3-8-17(16)25(30)32)24(31)29-21-11-10-14(27)12-19(21)26/h2-13,22-23,28H,1H3,(H,29,31)/t22-,23+/m0/s1. The number of H-pyrrole nitrogens is 1. The van der Waals surface area contributed by atoms with Gasteiger partial charge in [0.05, 0.1) is 22.7 Å². The second-order valence-electron chi connectivity index (χ2n) is 7.83. The fourth-order valence-corrected chi connectivity index (χ4v) is 4.70. The number of para-hydroxylation sites is 1. The topological polar surface area (TPSA) is 65.2 Å². The monoisotopic (exact) mass is 447 g/mol. The summed E-state index contributed by atoms with van der Waals surface area (Å²) < 4.78 is 13.5. The van der Waals surface area contributed by atoms with Crippen molar-refractivity contribution >= 4 is 40.0 Å². The molecule has 0 fully saturated rings. The fraction of sp³-hybridized carbons (Fsp3) is 0.120. The van der Waals surface area contributed by atoms with Crippen LogP contribution in [0.15, 0.2) is 72.9 Å². The van der Waals surface area contributed by atoms with E-state index < -0.39 is 17.8 Å². The summed E-state index contributed by atoms with van der Waals surface area (Å²) in [6.07, 6.45) is 1.85. The average Bonchev–Trinajstić information content (AvgIpc) is 3.21. The number of aromatic amines is 1. The van der Waals surface area contributed by atoms with Gasteiger partial charge in [-0.2, -0.15) is 0 Å². The van der Waals surface area contributed by atoms with Gasteiger partial charge in [0.15, 0.2) is 0 Å². The van der Waals surface area contributed by atoms with Crippen LogP contribution in [0.2, 0.25) is 5.02 Å². The molecular weight excluding hydrogens is 429 g/mol. The number of carbonyl (C=O) groups excluding carboxylic acids is 2. The van der Waals surface area contributed by atoms with E-state index >= 15 is 0 Å². The molecule has 3 aromatic carbocycles. The molecular formula is C25H19ClFN3O2. The van der Waals surface area contributed by atoms with Gasteiger partial charge in [-0.3, -0.25) is 9.59 Å². The van der Waals surface area contributed by atoms with Gasteiger partial charge in [0.25, 0.3) is 5.91 Å². The number of amides is 2. The van der Waals surface area contributed by atoms with E-state index in [4.69, 9.17) is 11.6 Å². The van der Waals surface area contributed by atoms with E-state index in [0.29, 0.717) is 16.8 Å². The average molecular weight is 448 g/mol. The number of rotatable bonds is 3. The summed E-state index contributed by atoms with van der Waals surface area (Å²) in [5, 5.41) is 3.88. The minimum Gasteiger partial charge on any atom is -0.361 e. The maximum atomic E-state index is 13.6. The maximum Gasteiger partial charge on any atom is 0.254 e. The number of fused-ring (bicyclic) bond motifs is 2. The second-order valence-corrected chi connectivity index (χ2v) is 8.24. The van der Waals surface area contributed by atoms with Gasteiger partial charge in [0.1, 0.15) is 5.82 Å². The molecule has 7 heteroatoms. The summed E-state index contributed by atoms with van der Waals surface area (Å²) in [6, 6.07) is 18.2. The van der Waals surface area contributed by atoms with Crippen LogP contribution in [-0.2, 0) is 4.79 Å². The van der Waals surface area contributed by atoms with Crippen molar-refractivity contribution in [3.8, 4) is 0 Å². The lowest BCUT2D eigenvalue weighted by atomic mass is 9.79. The molecule has 2 amide bonds. The lowest BCUT2D eigenvalue weighted by molar-refractivity contribution is -0.119. The van der Waals surface area contributed by atoms with Crippen LogP contribution in [0.1, 0.15) is 33.4 Å². The molecule has 2 heterocycles. The summed E-state index contributed by atoms with van der Waals surface area (Å²) in [5.74, 6) is -1.67. The molecule has 0 bridgehead atoms. The van der Waals surface area contributed by atoms with Crippen molar-refractivity contribution in [2.75, 3.05) is 12.4 Å². The Kier molecular flexibility index (Phi) is 4.94. The van der Waals surface area contributed by atoms with Gasteiger partial charge >= 0.3 is 0 Å². The number of halogens is 2. The third-order valence-corrected chi connectivity index (χ3v) is 6.30. The molecule has 0 unspecified atom stereocenters. The predicted molar refractivity (Wildman–Crippen MR) is 122 cm³/mol. The number of hydrogen-bond donors (Lipinski definition) is 2. The molecule has 5 nitrogen and oxygen atoms in total. The van der Waals surface area contributed by atoms with E-state index in [2.05, 4.69) is 10.3 Å². The zero-order valence-corrected chi connectivity index (χ0v) is 17.9. The first-order valence-corrected chi connectivity index (χ1v) is 10.5. The van der Waals surface area contributed by atoms with Crippen molar-refractivity contribution in [2.45, 2.75) is 12.0 Å². The van der Waals surface area contributed by atoms with Crippen molar-refractivity contribution in [3.05, 3.63) is 100 Å². The highest BCUT2D eigenvalue weighted by atomic mass is 35.5. The van der Waals surface area contributed by atoms with E-state index in [9.17, 15) is 14.0 Å². The van der Waals surface area contributed by atoms with Crippen LogP contribution in [0.4, 0.5) is 10.1 Å². The molecule has 5 rings (SSSR count). The Morgan fingerprint density at radius 2 is 1.81 bits per heavy atom. The smallest absolute Gasteiger partial charge is 0.254 e. The lowest BCUT2D eigenvalue weighted by Crippen LogP contribution is -2.44. The van der Waals surface area contributed by atoms with Crippen LogP contribution in [0, 0.1) is 5.82 Å². The molecule has 2 N–H and O–H groups in total. The third-order valence-electron chi connectivity index (χ3n) is 5.99. The third kappa shape index (κ3) is 3.24. The zero-order chi connectivity index (χ0) is 22.4. The normalized spacial score (nSPS) is 18.0. The van der Waals surface area contributed by atoms with Crippen LogP contribution < -0.4 is 5.32 Å². The zero-order valence-electron chi connectivity index (χ0n) is 17.1. The molecule has 32 heavy (non-hydrogen) atoms. The number of likely N-dealkylation sites (N-methyl/N-ethyl adjacent to an activating group) is 1. The largest absolute Gasteiger partial charge is 0.361 e. The number of hydrogen-bond acceptors (Lipinski definition) is 2. The number of nitrogens with zero attached hydrogens (tertiary/aromatic N) is 1. The van der Waals surface area contributed by atoms with Gasteiger partial charge in [-0.1, -0.05) is 48.0 Å². The van der Waals surface area contributed by atoms with Gasteiger partial charge < -0.3 is 15.2 Å². The number of anilines is 1. The minimum absolute atomic E-state index is 0.107. The van der Waals surface area contributed by atoms with Crippen molar-refractivity contribution in [3.63, 3.8) is 0 Å². The Bertz CT molecular complexity index is 1370. The molecule has 1 aliphatic heterocycles. The molecule has 4 aromatic rings. The number of carbonyl (C=O) groups is 2. The van der Waals surface area contributed by atoms with Crippen molar-refractivity contribution in [1.82, 2.24) is 9.88 Å². The van der Waals surface area contributed by atoms with Gasteiger partial charge in [-0.05, 0) is 35.9 Å². The summed E-state index contributed by atoms with van der Waals surface area (Å²) in [6.45, 7) is 0. The Balaban J connectivity index is 1.65. The van der Waals surface area contributed by atoms with E-state index in [0.717, 1.165) is 22.5 Å². The first-order chi connectivity index (χ1) is 15.5. The van der Waals surface area contributed by atoms with E-state index in [1.165, 1.54) is 12.1 Å². The molecule has 160 valence electrons. The molecule has 0 saturated heterocycles. The Labute approximate surface area is 188 Å². The first-order valence-electron chi connectivity index (χ1n) is 10.1. The van der Waals surface area contributed by atoms with Crippen LogP contribution in [0.5, 0.6) is 0 Å². The molecule has 1 aromatic heterocycles. The van der Waals surface area contributed by atoms with Gasteiger partial charge in [-0.25, -0.2) is 4.39 Å². The first kappa shape index (κ1) is 20.3. The molecule has 0 saturated carbocycles. The molecule has 1 aliphatic rings. The van der Waals surface area contributed by atoms with E-state index in [1.807, 2.05) is 36.5 Å². The van der Waals surface area contributed by atoms with Crippen molar-refractivity contribution in [2.24, 2.45) is 0 Å². The fourth-order valence-electron chi connectivity index (χ4n) is 4.49. The predicted octanol–water partition coefficient (Wildman–Crippen LogP) is 5.51. The van der Waals surface area contributed by atoms with Crippen LogP contribution in [-0.4, -0.2) is 28.7 Å². The van der Waals surface area contributed by atoms with Gasteiger partial charge in [0.2, 0.25) is 5.91 Å². The molecule has 0 aliphatic carbocycles. The van der Waals surface area contributed by atoms with Crippen LogP contribution >= 0.6 is 11.6 Å². The summed E-state index contributed by atoms with van der Waals surface area (Å²) in [4.78, 5) is 31.7. The van der Waals surface area contributed by atoms with Gasteiger partial charge in [0, 0.05) is 35.3 Å². The van der Waals surface area contributed by atoms with E-state index in [1.54, 1.807) is 30.1 Å². The Morgan fingerprint density at radius 3 is 2.62 bits per heavy atom. The van der Waals surface area contributed by atoms with Crippen LogP contribution in [0.25, 0.3) is 10.9 Å². The van der Waals surface area contributed by atoms with Crippen molar-refractivity contribution in [1.29, 1.82) is 0 Å². The second kappa shape index (κ2) is 7.80. The highest BCUT2D eigenvalue weighted by molar-refractivity contribution is 6.33. The van der Waals surface area contributed by atoms with E-state index in [-0.39, 0.29) is 16.8 Å². The molecule has 2 atom stereocenters. The minimum atomic E-state index is -0.700. The number of nitrogens with one attached hydrogen (secondary N) is 2. The highest BCUT2D eigenvalue weighted by Gasteiger charge is 2.43.